The van der Waals surface area contributed by atoms with E-state index in [-0.39, 0.29) is 18.2 Å². The third kappa shape index (κ3) is 4.12. The largest absolute Gasteiger partial charge is 0.481 e. The number of aromatic nitrogens is 5. The summed E-state index contributed by atoms with van der Waals surface area (Å²) in [6.07, 6.45) is 5.09. The summed E-state index contributed by atoms with van der Waals surface area (Å²) in [6.45, 7) is 6.21. The van der Waals surface area contributed by atoms with E-state index >= 15 is 0 Å². The zero-order chi connectivity index (χ0) is 24.7. The van der Waals surface area contributed by atoms with Gasteiger partial charge in [-0.3, -0.25) is 13.9 Å². The third-order valence-corrected chi connectivity index (χ3v) is 7.24. The zero-order valence-corrected chi connectivity index (χ0v) is 20.7. The van der Waals surface area contributed by atoms with Gasteiger partial charge in [-0.2, -0.15) is 4.98 Å². The molecule has 4 heterocycles. The molecule has 35 heavy (non-hydrogen) atoms. The molecule has 0 unspecified atom stereocenters. The van der Waals surface area contributed by atoms with Gasteiger partial charge in [0.05, 0.1) is 12.8 Å². The average molecular weight is 474 g/mol. The van der Waals surface area contributed by atoms with Gasteiger partial charge < -0.3 is 9.84 Å². The fourth-order valence-electron chi connectivity index (χ4n) is 5.21. The number of nitrogens with zero attached hydrogens (tertiary/aromatic N) is 5. The van der Waals surface area contributed by atoms with E-state index in [1.165, 1.54) is 0 Å². The van der Waals surface area contributed by atoms with Crippen LogP contribution in [0.1, 0.15) is 48.8 Å². The number of rotatable bonds is 5. The van der Waals surface area contributed by atoms with Gasteiger partial charge in [0.25, 0.3) is 5.56 Å². The maximum absolute atomic E-state index is 14.0. The van der Waals surface area contributed by atoms with Crippen LogP contribution in [-0.4, -0.2) is 42.9 Å². The van der Waals surface area contributed by atoms with Crippen molar-refractivity contribution in [3.05, 3.63) is 64.0 Å². The van der Waals surface area contributed by atoms with Crippen LogP contribution in [0.5, 0.6) is 5.88 Å². The van der Waals surface area contributed by atoms with Crippen LogP contribution in [0.3, 0.4) is 0 Å². The van der Waals surface area contributed by atoms with Crippen molar-refractivity contribution in [3.63, 3.8) is 0 Å². The molecule has 1 aliphatic carbocycles. The van der Waals surface area contributed by atoms with Gasteiger partial charge in [0.2, 0.25) is 11.8 Å². The van der Waals surface area contributed by atoms with Crippen molar-refractivity contribution in [2.45, 2.75) is 52.5 Å². The first-order chi connectivity index (χ1) is 16.9. The molecule has 1 aliphatic rings. The second kappa shape index (κ2) is 9.26. The highest BCUT2D eigenvalue weighted by molar-refractivity contribution is 5.83. The summed E-state index contributed by atoms with van der Waals surface area (Å²) in [6, 6.07) is 9.61. The minimum Gasteiger partial charge on any atom is -0.481 e. The lowest BCUT2D eigenvalue weighted by Crippen LogP contribution is -2.31. The summed E-state index contributed by atoms with van der Waals surface area (Å²) < 4.78 is 9.08. The molecule has 0 saturated heterocycles. The number of methoxy groups -OCH3 is 1. The van der Waals surface area contributed by atoms with Crippen LogP contribution in [-0.2, 0) is 0 Å². The zero-order valence-electron chi connectivity index (χ0n) is 20.7. The topological polar surface area (TPSA) is 95.1 Å². The highest BCUT2D eigenvalue weighted by atomic mass is 16.5. The molecule has 1 saturated carbocycles. The van der Waals surface area contributed by atoms with Crippen molar-refractivity contribution < 1.29 is 9.84 Å². The van der Waals surface area contributed by atoms with Gasteiger partial charge in [0, 0.05) is 52.8 Å². The van der Waals surface area contributed by atoms with E-state index < -0.39 is 0 Å². The van der Waals surface area contributed by atoms with Crippen LogP contribution in [0.2, 0.25) is 0 Å². The molecule has 0 spiro atoms. The number of hydrogen-bond donors (Lipinski definition) is 1. The quantitative estimate of drug-likeness (QED) is 0.464. The number of ether oxygens (including phenoxy) is 1. The van der Waals surface area contributed by atoms with Crippen LogP contribution in [0.25, 0.3) is 28.1 Å². The molecule has 0 bridgehead atoms. The maximum atomic E-state index is 14.0. The minimum atomic E-state index is -0.0816. The Morgan fingerprint density at radius 2 is 1.74 bits per heavy atom. The highest BCUT2D eigenvalue weighted by Crippen LogP contribution is 2.34. The minimum absolute atomic E-state index is 0.00737. The SMILES string of the molecule is COc1ccc(-c2cc3c(C)nc(-n4c(C)ccc4C)nc3n(C3CCC(CO)CC3)c2=O)cn1. The van der Waals surface area contributed by atoms with Gasteiger partial charge in [0.15, 0.2) is 0 Å². The predicted molar refractivity (Wildman–Crippen MR) is 135 cm³/mol. The molecule has 182 valence electrons. The van der Waals surface area contributed by atoms with Crippen LogP contribution in [0.4, 0.5) is 0 Å². The monoisotopic (exact) mass is 473 g/mol. The molecule has 8 nitrogen and oxygen atoms in total. The normalized spacial score (nSPS) is 18.2. The van der Waals surface area contributed by atoms with E-state index in [0.29, 0.717) is 29.0 Å². The van der Waals surface area contributed by atoms with Gasteiger partial charge in [-0.25, -0.2) is 9.97 Å². The molecular formula is C27H31N5O3. The fourth-order valence-corrected chi connectivity index (χ4v) is 5.21. The first kappa shape index (κ1) is 23.2. The standard InChI is InChI=1S/C27H31N5O3/c1-16-5-6-17(2)31(16)27-29-18(3)22-13-23(20-9-12-24(35-4)28-14-20)26(34)32(25(22)30-27)21-10-7-19(15-33)8-11-21/h5-6,9,12-14,19,21,33H,7-8,10-11,15H2,1-4H3. The Hall–Kier alpha value is -3.52. The van der Waals surface area contributed by atoms with Gasteiger partial charge in [-0.05, 0) is 76.6 Å². The number of hydrogen-bond acceptors (Lipinski definition) is 6. The second-order valence-corrected chi connectivity index (χ2v) is 9.48. The van der Waals surface area contributed by atoms with Gasteiger partial charge in [0.1, 0.15) is 5.65 Å². The Labute approximate surface area is 204 Å². The van der Waals surface area contributed by atoms with Crippen molar-refractivity contribution >= 4 is 11.0 Å². The maximum Gasteiger partial charge on any atom is 0.260 e. The number of aliphatic hydroxyl groups excluding tert-OH is 1. The smallest absolute Gasteiger partial charge is 0.260 e. The summed E-state index contributed by atoms with van der Waals surface area (Å²) in [4.78, 5) is 28.1. The van der Waals surface area contributed by atoms with Crippen molar-refractivity contribution in [2.24, 2.45) is 5.92 Å². The number of aliphatic hydroxyl groups is 1. The molecule has 0 radical (unpaired) electrons. The van der Waals surface area contributed by atoms with E-state index in [4.69, 9.17) is 14.7 Å². The Kier molecular flexibility index (Phi) is 6.15. The molecule has 4 aromatic rings. The van der Waals surface area contributed by atoms with Gasteiger partial charge >= 0.3 is 0 Å². The van der Waals surface area contributed by atoms with Gasteiger partial charge in [-0.15, -0.1) is 0 Å². The Morgan fingerprint density at radius 1 is 1.03 bits per heavy atom. The van der Waals surface area contributed by atoms with Crippen LogP contribution in [0, 0.1) is 26.7 Å². The fraction of sp³-hybridized carbons (Fsp3) is 0.407. The second-order valence-electron chi connectivity index (χ2n) is 9.48. The molecule has 8 heteroatoms. The Morgan fingerprint density at radius 3 is 2.34 bits per heavy atom. The van der Waals surface area contributed by atoms with Crippen molar-refractivity contribution in [1.82, 2.24) is 24.1 Å². The molecule has 0 aliphatic heterocycles. The van der Waals surface area contributed by atoms with Crippen LogP contribution >= 0.6 is 0 Å². The van der Waals surface area contributed by atoms with Crippen molar-refractivity contribution in [3.8, 4) is 23.0 Å². The summed E-state index contributed by atoms with van der Waals surface area (Å²) in [5.74, 6) is 1.36. The molecule has 1 N–H and O–H groups in total. The van der Waals surface area contributed by atoms with E-state index in [0.717, 1.165) is 53.7 Å². The van der Waals surface area contributed by atoms with E-state index in [9.17, 15) is 9.90 Å². The first-order valence-corrected chi connectivity index (χ1v) is 12.1. The molecule has 5 rings (SSSR count). The highest BCUT2D eigenvalue weighted by Gasteiger charge is 2.27. The molecule has 4 aromatic heterocycles. The summed E-state index contributed by atoms with van der Waals surface area (Å²) >= 11 is 0. The lowest BCUT2D eigenvalue weighted by Gasteiger charge is -2.30. The van der Waals surface area contributed by atoms with Crippen LogP contribution < -0.4 is 10.3 Å². The molecule has 0 atom stereocenters. The van der Waals surface area contributed by atoms with Crippen molar-refractivity contribution in [1.29, 1.82) is 0 Å². The molecular weight excluding hydrogens is 442 g/mol. The van der Waals surface area contributed by atoms with Crippen molar-refractivity contribution in [2.75, 3.05) is 13.7 Å². The number of aryl methyl sites for hydroxylation is 3. The van der Waals surface area contributed by atoms with Gasteiger partial charge in [-0.1, -0.05) is 0 Å². The number of fused-ring (bicyclic) bond motifs is 1. The molecule has 0 amide bonds. The predicted octanol–water partition coefficient (Wildman–Crippen LogP) is 4.30. The molecule has 1 fully saturated rings. The average Bonchev–Trinajstić information content (AvgIpc) is 3.21. The van der Waals surface area contributed by atoms with E-state index in [2.05, 4.69) is 4.98 Å². The lowest BCUT2D eigenvalue weighted by molar-refractivity contribution is 0.169. The molecule has 0 aromatic carbocycles. The Balaban J connectivity index is 1.75. The summed E-state index contributed by atoms with van der Waals surface area (Å²) in [5.41, 5.74) is 4.78. The summed E-state index contributed by atoms with van der Waals surface area (Å²) in [5, 5.41) is 10.5. The third-order valence-electron chi connectivity index (χ3n) is 7.24. The lowest BCUT2D eigenvalue weighted by atomic mass is 9.86. The Bertz CT molecular complexity index is 1410. The van der Waals surface area contributed by atoms with E-state index in [1.54, 1.807) is 19.4 Å². The van der Waals surface area contributed by atoms with E-state index in [1.807, 2.05) is 54.2 Å². The van der Waals surface area contributed by atoms with Crippen LogP contribution in [0.15, 0.2) is 41.3 Å². The first-order valence-electron chi connectivity index (χ1n) is 12.1. The number of pyridine rings is 2. The summed E-state index contributed by atoms with van der Waals surface area (Å²) in [7, 11) is 1.57.